The number of rotatable bonds is 4. The highest BCUT2D eigenvalue weighted by molar-refractivity contribution is 5.75. The Balaban J connectivity index is 3.01. The van der Waals surface area contributed by atoms with Crippen molar-refractivity contribution in [3.8, 4) is 6.07 Å². The standard InChI is InChI=1S/C11H12N2O2/c1-2-13(8-11(14)15)10-6-4-3-5-9(10)7-12/h3-6H,2,8H2,1H3,(H,14,15). The number of likely N-dealkylation sites (N-methyl/N-ethyl adjacent to an activating group) is 1. The van der Waals surface area contributed by atoms with Gasteiger partial charge >= 0.3 is 5.97 Å². The topological polar surface area (TPSA) is 64.3 Å². The lowest BCUT2D eigenvalue weighted by Gasteiger charge is -2.21. The normalized spacial score (nSPS) is 9.33. The van der Waals surface area contributed by atoms with Gasteiger partial charge in [-0.25, -0.2) is 0 Å². The van der Waals surface area contributed by atoms with Crippen LogP contribution in [-0.4, -0.2) is 24.2 Å². The van der Waals surface area contributed by atoms with Gasteiger partial charge in [0, 0.05) is 6.54 Å². The summed E-state index contributed by atoms with van der Waals surface area (Å²) in [6.07, 6.45) is 0. The molecule has 0 fully saturated rings. The van der Waals surface area contributed by atoms with Crippen molar-refractivity contribution in [3.05, 3.63) is 29.8 Å². The molecule has 1 aromatic carbocycles. The van der Waals surface area contributed by atoms with Gasteiger partial charge in [-0.3, -0.25) is 4.79 Å². The first-order valence-electron chi connectivity index (χ1n) is 4.65. The van der Waals surface area contributed by atoms with E-state index in [1.165, 1.54) is 0 Å². The second kappa shape index (κ2) is 5.01. The second-order valence-corrected chi connectivity index (χ2v) is 3.04. The summed E-state index contributed by atoms with van der Waals surface area (Å²) in [7, 11) is 0. The number of aliphatic carboxylic acids is 1. The number of hydrogen-bond acceptors (Lipinski definition) is 3. The summed E-state index contributed by atoms with van der Waals surface area (Å²) >= 11 is 0. The minimum Gasteiger partial charge on any atom is -0.480 e. The van der Waals surface area contributed by atoms with Crippen molar-refractivity contribution in [1.29, 1.82) is 5.26 Å². The van der Waals surface area contributed by atoms with Crippen LogP contribution in [0.15, 0.2) is 24.3 Å². The van der Waals surface area contributed by atoms with Crippen LogP contribution < -0.4 is 4.90 Å². The molecule has 4 heteroatoms. The van der Waals surface area contributed by atoms with Crippen LogP contribution in [0.1, 0.15) is 12.5 Å². The van der Waals surface area contributed by atoms with E-state index in [-0.39, 0.29) is 6.54 Å². The van der Waals surface area contributed by atoms with E-state index in [4.69, 9.17) is 10.4 Å². The molecule has 0 atom stereocenters. The fourth-order valence-electron chi connectivity index (χ4n) is 1.37. The van der Waals surface area contributed by atoms with Gasteiger partial charge in [-0.05, 0) is 19.1 Å². The molecule has 4 nitrogen and oxygen atoms in total. The number of hydrogen-bond donors (Lipinski definition) is 1. The number of carboxylic acid groups (broad SMARTS) is 1. The Kier molecular flexibility index (Phi) is 3.69. The molecule has 0 aliphatic heterocycles. The van der Waals surface area contributed by atoms with E-state index >= 15 is 0 Å². The molecule has 0 radical (unpaired) electrons. The van der Waals surface area contributed by atoms with Gasteiger partial charge in [0.1, 0.15) is 12.6 Å². The number of carbonyl (C=O) groups is 1. The Hall–Kier alpha value is -2.02. The minimum absolute atomic E-state index is 0.0881. The average molecular weight is 204 g/mol. The van der Waals surface area contributed by atoms with Crippen molar-refractivity contribution < 1.29 is 9.90 Å². The Bertz CT molecular complexity index is 396. The van der Waals surface area contributed by atoms with E-state index in [1.54, 1.807) is 29.2 Å². The number of nitrogens with zero attached hydrogens (tertiary/aromatic N) is 2. The van der Waals surface area contributed by atoms with Crippen LogP contribution in [0.5, 0.6) is 0 Å². The SMILES string of the molecule is CCN(CC(=O)O)c1ccccc1C#N. The molecule has 0 heterocycles. The van der Waals surface area contributed by atoms with Gasteiger partial charge < -0.3 is 10.0 Å². The number of carboxylic acids is 1. The minimum atomic E-state index is -0.899. The first kappa shape index (κ1) is 11.1. The molecular formula is C11H12N2O2. The van der Waals surface area contributed by atoms with Gasteiger partial charge in [-0.2, -0.15) is 5.26 Å². The van der Waals surface area contributed by atoms with Gasteiger partial charge in [0.2, 0.25) is 0 Å². The largest absolute Gasteiger partial charge is 0.480 e. The molecule has 0 saturated carbocycles. The molecule has 0 unspecified atom stereocenters. The van der Waals surface area contributed by atoms with Crippen molar-refractivity contribution in [2.75, 3.05) is 18.0 Å². The molecule has 0 amide bonds. The lowest BCUT2D eigenvalue weighted by atomic mass is 10.1. The van der Waals surface area contributed by atoms with E-state index in [9.17, 15) is 4.79 Å². The van der Waals surface area contributed by atoms with E-state index in [1.807, 2.05) is 13.0 Å². The zero-order valence-electron chi connectivity index (χ0n) is 8.47. The first-order valence-corrected chi connectivity index (χ1v) is 4.65. The predicted octanol–water partition coefficient (Wildman–Crippen LogP) is 1.47. The predicted molar refractivity (Wildman–Crippen MR) is 56.7 cm³/mol. The summed E-state index contributed by atoms with van der Waals surface area (Å²) in [5.74, 6) is -0.899. The van der Waals surface area contributed by atoms with Crippen molar-refractivity contribution >= 4 is 11.7 Å². The zero-order chi connectivity index (χ0) is 11.3. The first-order chi connectivity index (χ1) is 7.19. The zero-order valence-corrected chi connectivity index (χ0v) is 8.47. The summed E-state index contributed by atoms with van der Waals surface area (Å²) in [6.45, 7) is 2.33. The number of benzene rings is 1. The molecule has 1 aromatic rings. The Morgan fingerprint density at radius 2 is 2.20 bits per heavy atom. The Labute approximate surface area is 88.4 Å². The summed E-state index contributed by atoms with van der Waals surface area (Å²) < 4.78 is 0. The smallest absolute Gasteiger partial charge is 0.323 e. The van der Waals surface area contributed by atoms with Crippen molar-refractivity contribution in [2.45, 2.75) is 6.92 Å². The van der Waals surface area contributed by atoms with Crippen molar-refractivity contribution in [3.63, 3.8) is 0 Å². The van der Waals surface area contributed by atoms with Gasteiger partial charge in [-0.1, -0.05) is 12.1 Å². The molecule has 0 spiro atoms. The number of nitriles is 1. The number of para-hydroxylation sites is 1. The molecule has 0 saturated heterocycles. The van der Waals surface area contributed by atoms with Crippen molar-refractivity contribution in [2.24, 2.45) is 0 Å². The fourth-order valence-corrected chi connectivity index (χ4v) is 1.37. The third-order valence-electron chi connectivity index (χ3n) is 2.07. The van der Waals surface area contributed by atoms with Crippen molar-refractivity contribution in [1.82, 2.24) is 0 Å². The molecule has 15 heavy (non-hydrogen) atoms. The van der Waals surface area contributed by atoms with Crippen LogP contribution in [0.2, 0.25) is 0 Å². The molecule has 0 bridgehead atoms. The quantitative estimate of drug-likeness (QED) is 0.806. The summed E-state index contributed by atoms with van der Waals surface area (Å²) in [5, 5.41) is 17.6. The third kappa shape index (κ3) is 2.71. The van der Waals surface area contributed by atoms with E-state index in [2.05, 4.69) is 0 Å². The van der Waals surface area contributed by atoms with E-state index < -0.39 is 5.97 Å². The summed E-state index contributed by atoms with van der Waals surface area (Å²) in [6, 6.07) is 9.04. The molecular weight excluding hydrogens is 192 g/mol. The lowest BCUT2D eigenvalue weighted by Crippen LogP contribution is -2.29. The maximum atomic E-state index is 10.6. The van der Waals surface area contributed by atoms with Crippen LogP contribution in [-0.2, 0) is 4.79 Å². The van der Waals surface area contributed by atoms with Gasteiger partial charge in [0.25, 0.3) is 0 Å². The maximum absolute atomic E-state index is 10.6. The highest BCUT2D eigenvalue weighted by Crippen LogP contribution is 2.18. The maximum Gasteiger partial charge on any atom is 0.323 e. The number of anilines is 1. The van der Waals surface area contributed by atoms with Crippen LogP contribution in [0, 0.1) is 11.3 Å². The Morgan fingerprint density at radius 1 is 1.53 bits per heavy atom. The fraction of sp³-hybridized carbons (Fsp3) is 0.273. The summed E-state index contributed by atoms with van der Waals surface area (Å²) in [4.78, 5) is 12.3. The summed E-state index contributed by atoms with van der Waals surface area (Å²) in [5.41, 5.74) is 1.17. The van der Waals surface area contributed by atoms with Gasteiger partial charge in [-0.15, -0.1) is 0 Å². The molecule has 0 aliphatic carbocycles. The highest BCUT2D eigenvalue weighted by atomic mass is 16.4. The third-order valence-corrected chi connectivity index (χ3v) is 2.07. The van der Waals surface area contributed by atoms with Crippen LogP contribution in [0.3, 0.4) is 0 Å². The molecule has 0 aromatic heterocycles. The molecule has 78 valence electrons. The molecule has 0 aliphatic rings. The second-order valence-electron chi connectivity index (χ2n) is 3.04. The monoisotopic (exact) mass is 204 g/mol. The Morgan fingerprint density at radius 3 is 2.73 bits per heavy atom. The molecule has 1 N–H and O–H groups in total. The van der Waals surface area contributed by atoms with Crippen LogP contribution >= 0.6 is 0 Å². The molecule has 1 rings (SSSR count). The van der Waals surface area contributed by atoms with E-state index in [0.29, 0.717) is 17.8 Å². The van der Waals surface area contributed by atoms with Gasteiger partial charge in [0.05, 0.1) is 11.3 Å². The average Bonchev–Trinajstić information content (AvgIpc) is 2.25. The van der Waals surface area contributed by atoms with E-state index in [0.717, 1.165) is 0 Å². The van der Waals surface area contributed by atoms with Crippen LogP contribution in [0.25, 0.3) is 0 Å². The van der Waals surface area contributed by atoms with Gasteiger partial charge in [0.15, 0.2) is 0 Å². The lowest BCUT2D eigenvalue weighted by molar-refractivity contribution is -0.135. The van der Waals surface area contributed by atoms with Crippen LogP contribution in [0.4, 0.5) is 5.69 Å². The highest BCUT2D eigenvalue weighted by Gasteiger charge is 2.11.